The number of carbonyl (C=O) groups excluding carboxylic acids is 1. The molecule has 3 rings (SSSR count). The van der Waals surface area contributed by atoms with Crippen LogP contribution >= 0.6 is 0 Å². The zero-order valence-electron chi connectivity index (χ0n) is 14.6. The van der Waals surface area contributed by atoms with Gasteiger partial charge in [-0.15, -0.1) is 0 Å². The first-order valence-corrected chi connectivity index (χ1v) is 9.00. The third kappa shape index (κ3) is 4.25. The molecule has 1 atom stereocenters. The highest BCUT2D eigenvalue weighted by Gasteiger charge is 2.26. The first kappa shape index (κ1) is 17.6. The maximum Gasteiger partial charge on any atom is 0.271 e. The molecular formula is C19H25FN4O. The van der Waals surface area contributed by atoms with Crippen LogP contribution in [0.1, 0.15) is 54.0 Å². The molecule has 0 aliphatic carbocycles. The number of hydrogen-bond acceptors (Lipinski definition) is 3. The Morgan fingerprint density at radius 1 is 1.36 bits per heavy atom. The Morgan fingerprint density at radius 3 is 2.84 bits per heavy atom. The van der Waals surface area contributed by atoms with Crippen molar-refractivity contribution in [3.8, 4) is 0 Å². The molecule has 2 heterocycles. The lowest BCUT2D eigenvalue weighted by molar-refractivity contribution is 0.0932. The van der Waals surface area contributed by atoms with E-state index in [4.69, 9.17) is 0 Å². The van der Waals surface area contributed by atoms with Gasteiger partial charge in [-0.1, -0.05) is 31.5 Å². The number of aryl methyl sites for hydroxylation is 1. The van der Waals surface area contributed by atoms with Gasteiger partial charge in [-0.3, -0.25) is 14.8 Å². The van der Waals surface area contributed by atoms with Gasteiger partial charge in [0.25, 0.3) is 5.91 Å². The van der Waals surface area contributed by atoms with Crippen LogP contribution in [-0.4, -0.2) is 40.6 Å². The highest BCUT2D eigenvalue weighted by atomic mass is 19.1. The van der Waals surface area contributed by atoms with E-state index in [0.717, 1.165) is 44.5 Å². The normalized spacial score (nSPS) is 16.1. The van der Waals surface area contributed by atoms with Crippen molar-refractivity contribution in [1.29, 1.82) is 0 Å². The van der Waals surface area contributed by atoms with E-state index >= 15 is 0 Å². The highest BCUT2D eigenvalue weighted by molar-refractivity contribution is 5.92. The molecule has 1 aromatic carbocycles. The molecule has 0 spiro atoms. The van der Waals surface area contributed by atoms with Crippen LogP contribution < -0.4 is 5.32 Å². The zero-order valence-corrected chi connectivity index (χ0v) is 14.6. The summed E-state index contributed by atoms with van der Waals surface area (Å²) < 4.78 is 14.3. The number of benzene rings is 1. The van der Waals surface area contributed by atoms with Crippen LogP contribution in [0.5, 0.6) is 0 Å². The molecule has 1 saturated heterocycles. The number of aromatic amines is 1. The number of likely N-dealkylation sites (tertiary alicyclic amines) is 1. The Balaban J connectivity index is 1.69. The van der Waals surface area contributed by atoms with Crippen molar-refractivity contribution in [2.45, 2.75) is 38.6 Å². The van der Waals surface area contributed by atoms with Crippen LogP contribution in [0, 0.1) is 5.82 Å². The topological polar surface area (TPSA) is 61.0 Å². The highest BCUT2D eigenvalue weighted by Crippen LogP contribution is 2.26. The lowest BCUT2D eigenvalue weighted by Gasteiger charge is -2.28. The summed E-state index contributed by atoms with van der Waals surface area (Å²) >= 11 is 0. The largest absolute Gasteiger partial charge is 0.349 e. The van der Waals surface area contributed by atoms with E-state index in [9.17, 15) is 9.18 Å². The first-order chi connectivity index (χ1) is 12.2. The zero-order chi connectivity index (χ0) is 17.6. The van der Waals surface area contributed by atoms with Crippen molar-refractivity contribution >= 4 is 5.91 Å². The van der Waals surface area contributed by atoms with E-state index in [0.29, 0.717) is 17.8 Å². The second-order valence-electron chi connectivity index (χ2n) is 6.52. The lowest BCUT2D eigenvalue weighted by Crippen LogP contribution is -2.37. The number of carbonyl (C=O) groups is 1. The minimum Gasteiger partial charge on any atom is -0.349 e. The fourth-order valence-electron chi connectivity index (χ4n) is 3.39. The smallest absolute Gasteiger partial charge is 0.271 e. The number of hydrogen-bond donors (Lipinski definition) is 2. The standard InChI is InChI=1S/C19H25FN4O/c1-2-7-14-12-17(23-22-14)19(25)21-13-18(24-10-5-6-11-24)15-8-3-4-9-16(15)20/h3-4,8-9,12,18H,2,5-7,10-11,13H2,1H3,(H,21,25)(H,22,23)/t18-/m1/s1. The number of rotatable bonds is 7. The Morgan fingerprint density at radius 2 is 2.12 bits per heavy atom. The fraction of sp³-hybridized carbons (Fsp3) is 0.474. The minimum absolute atomic E-state index is 0.151. The number of halogens is 1. The van der Waals surface area contributed by atoms with Gasteiger partial charge in [-0.2, -0.15) is 5.10 Å². The molecule has 0 unspecified atom stereocenters. The Bertz CT molecular complexity index is 709. The summed E-state index contributed by atoms with van der Waals surface area (Å²) in [5.74, 6) is -0.446. The van der Waals surface area contributed by atoms with E-state index in [1.54, 1.807) is 18.2 Å². The molecule has 2 aromatic rings. The molecule has 0 saturated carbocycles. The van der Waals surface area contributed by atoms with Gasteiger partial charge in [-0.05, 0) is 44.5 Å². The summed E-state index contributed by atoms with van der Waals surface area (Å²) in [7, 11) is 0. The second-order valence-corrected chi connectivity index (χ2v) is 6.52. The summed E-state index contributed by atoms with van der Waals surface area (Å²) in [4.78, 5) is 14.6. The van der Waals surface area contributed by atoms with Gasteiger partial charge >= 0.3 is 0 Å². The Kier molecular flexibility index (Phi) is 5.81. The number of aromatic nitrogens is 2. The average molecular weight is 344 g/mol. The maximum atomic E-state index is 14.3. The average Bonchev–Trinajstić information content (AvgIpc) is 3.29. The van der Waals surface area contributed by atoms with Crippen molar-refractivity contribution in [2.24, 2.45) is 0 Å². The van der Waals surface area contributed by atoms with Gasteiger partial charge in [0.15, 0.2) is 0 Å². The van der Waals surface area contributed by atoms with E-state index in [-0.39, 0.29) is 17.8 Å². The first-order valence-electron chi connectivity index (χ1n) is 9.00. The summed E-state index contributed by atoms with van der Waals surface area (Å²) in [6, 6.07) is 8.45. The van der Waals surface area contributed by atoms with Crippen LogP contribution in [0.4, 0.5) is 4.39 Å². The SMILES string of the molecule is CCCc1cc(C(=O)NC[C@H](c2ccccc2F)N2CCCC2)n[nH]1. The predicted octanol–water partition coefficient (Wildman–Crippen LogP) is 3.07. The molecule has 1 aromatic heterocycles. The van der Waals surface area contributed by atoms with Crippen LogP contribution in [0.15, 0.2) is 30.3 Å². The molecule has 1 aliphatic heterocycles. The van der Waals surface area contributed by atoms with E-state index in [2.05, 4.69) is 27.3 Å². The second kappa shape index (κ2) is 8.25. The van der Waals surface area contributed by atoms with Gasteiger partial charge in [0, 0.05) is 17.8 Å². The van der Waals surface area contributed by atoms with Crippen LogP contribution in [-0.2, 0) is 6.42 Å². The predicted molar refractivity (Wildman–Crippen MR) is 94.9 cm³/mol. The van der Waals surface area contributed by atoms with Crippen LogP contribution in [0.2, 0.25) is 0 Å². The molecular weight excluding hydrogens is 319 g/mol. The van der Waals surface area contributed by atoms with Gasteiger partial charge in [0.2, 0.25) is 0 Å². The van der Waals surface area contributed by atoms with Crippen molar-refractivity contribution in [2.75, 3.05) is 19.6 Å². The monoisotopic (exact) mass is 344 g/mol. The minimum atomic E-state index is -0.223. The van der Waals surface area contributed by atoms with E-state index in [1.165, 1.54) is 6.07 Å². The Labute approximate surface area is 147 Å². The summed E-state index contributed by atoms with van der Waals surface area (Å²) in [6.45, 7) is 4.31. The molecule has 2 N–H and O–H groups in total. The quantitative estimate of drug-likeness (QED) is 0.811. The van der Waals surface area contributed by atoms with Crippen LogP contribution in [0.25, 0.3) is 0 Å². The number of amides is 1. The van der Waals surface area contributed by atoms with Crippen molar-refractivity contribution < 1.29 is 9.18 Å². The van der Waals surface area contributed by atoms with Gasteiger partial charge in [0.1, 0.15) is 11.5 Å². The molecule has 134 valence electrons. The van der Waals surface area contributed by atoms with Crippen molar-refractivity contribution in [3.05, 3.63) is 53.1 Å². The third-order valence-corrected chi connectivity index (χ3v) is 4.68. The van der Waals surface area contributed by atoms with Crippen LogP contribution in [0.3, 0.4) is 0 Å². The molecule has 6 heteroatoms. The fourth-order valence-corrected chi connectivity index (χ4v) is 3.39. The molecule has 0 bridgehead atoms. The van der Waals surface area contributed by atoms with Gasteiger partial charge in [-0.25, -0.2) is 4.39 Å². The Hall–Kier alpha value is -2.21. The molecule has 1 fully saturated rings. The summed E-state index contributed by atoms with van der Waals surface area (Å²) in [5.41, 5.74) is 1.98. The lowest BCUT2D eigenvalue weighted by atomic mass is 10.0. The molecule has 1 amide bonds. The van der Waals surface area contributed by atoms with Gasteiger partial charge < -0.3 is 5.32 Å². The van der Waals surface area contributed by atoms with E-state index < -0.39 is 0 Å². The molecule has 1 aliphatic rings. The summed E-state index contributed by atoms with van der Waals surface area (Å²) in [6.07, 6.45) is 4.08. The van der Waals surface area contributed by atoms with Crippen molar-refractivity contribution in [3.63, 3.8) is 0 Å². The maximum absolute atomic E-state index is 14.3. The summed E-state index contributed by atoms with van der Waals surface area (Å²) in [5, 5.41) is 9.89. The van der Waals surface area contributed by atoms with Gasteiger partial charge in [0.05, 0.1) is 6.04 Å². The number of H-pyrrole nitrogens is 1. The number of nitrogens with one attached hydrogen (secondary N) is 2. The van der Waals surface area contributed by atoms with Crippen molar-refractivity contribution in [1.82, 2.24) is 20.4 Å². The molecule has 0 radical (unpaired) electrons. The third-order valence-electron chi connectivity index (χ3n) is 4.68. The molecule has 5 nitrogen and oxygen atoms in total. The van der Waals surface area contributed by atoms with E-state index in [1.807, 2.05) is 6.07 Å². The molecule has 25 heavy (non-hydrogen) atoms. The number of nitrogens with zero attached hydrogens (tertiary/aromatic N) is 2.